The molecule has 0 unspecified atom stereocenters. The standard InChI is InChI=1S/C18H21N3/c1-14-7-3-4-8-15(14)11-12-19-13-18-20-16-9-5-6-10-17(16)21(18)2/h3-10,19H,11-13H2,1-2H3. The summed E-state index contributed by atoms with van der Waals surface area (Å²) in [5.41, 5.74) is 5.03. The second-order valence-electron chi connectivity index (χ2n) is 5.43. The molecule has 3 heteroatoms. The molecule has 0 spiro atoms. The van der Waals surface area contributed by atoms with Crippen LogP contribution in [0.5, 0.6) is 0 Å². The molecule has 0 fully saturated rings. The van der Waals surface area contributed by atoms with Crippen molar-refractivity contribution in [2.75, 3.05) is 6.54 Å². The lowest BCUT2D eigenvalue weighted by Gasteiger charge is -2.07. The van der Waals surface area contributed by atoms with Gasteiger partial charge in [-0.05, 0) is 43.1 Å². The van der Waals surface area contributed by atoms with E-state index in [-0.39, 0.29) is 0 Å². The Kier molecular flexibility index (Phi) is 4.02. The molecule has 0 bridgehead atoms. The van der Waals surface area contributed by atoms with Crippen molar-refractivity contribution in [3.8, 4) is 0 Å². The van der Waals surface area contributed by atoms with Crippen LogP contribution in [0.15, 0.2) is 48.5 Å². The lowest BCUT2D eigenvalue weighted by molar-refractivity contribution is 0.641. The highest BCUT2D eigenvalue weighted by atomic mass is 15.1. The van der Waals surface area contributed by atoms with Gasteiger partial charge in [0.2, 0.25) is 0 Å². The lowest BCUT2D eigenvalue weighted by atomic mass is 10.1. The van der Waals surface area contributed by atoms with Gasteiger partial charge in [-0.2, -0.15) is 0 Å². The third-order valence-electron chi connectivity index (χ3n) is 4.00. The third kappa shape index (κ3) is 2.98. The number of hydrogen-bond acceptors (Lipinski definition) is 2. The van der Waals surface area contributed by atoms with Crippen LogP contribution in [0, 0.1) is 6.92 Å². The molecule has 3 rings (SSSR count). The van der Waals surface area contributed by atoms with Crippen molar-refractivity contribution in [2.24, 2.45) is 7.05 Å². The summed E-state index contributed by atoms with van der Waals surface area (Å²) in [5, 5.41) is 3.50. The normalized spacial score (nSPS) is 11.1. The number of para-hydroxylation sites is 2. The van der Waals surface area contributed by atoms with Gasteiger partial charge in [-0.3, -0.25) is 0 Å². The summed E-state index contributed by atoms with van der Waals surface area (Å²) in [6.07, 6.45) is 1.05. The second-order valence-corrected chi connectivity index (χ2v) is 5.43. The van der Waals surface area contributed by atoms with Gasteiger partial charge in [-0.1, -0.05) is 36.4 Å². The van der Waals surface area contributed by atoms with Crippen molar-refractivity contribution in [1.82, 2.24) is 14.9 Å². The molecule has 108 valence electrons. The van der Waals surface area contributed by atoms with Gasteiger partial charge >= 0.3 is 0 Å². The van der Waals surface area contributed by atoms with Crippen LogP contribution in [0.1, 0.15) is 17.0 Å². The fourth-order valence-corrected chi connectivity index (χ4v) is 2.67. The summed E-state index contributed by atoms with van der Waals surface area (Å²) in [6, 6.07) is 16.8. The van der Waals surface area contributed by atoms with Crippen LogP contribution in [0.3, 0.4) is 0 Å². The summed E-state index contributed by atoms with van der Waals surface area (Å²) >= 11 is 0. The van der Waals surface area contributed by atoms with Crippen LogP contribution in [-0.2, 0) is 20.0 Å². The van der Waals surface area contributed by atoms with E-state index in [0.717, 1.165) is 30.9 Å². The number of fused-ring (bicyclic) bond motifs is 1. The average Bonchev–Trinajstić information content (AvgIpc) is 2.82. The maximum Gasteiger partial charge on any atom is 0.123 e. The first kappa shape index (κ1) is 13.8. The molecular weight excluding hydrogens is 258 g/mol. The second kappa shape index (κ2) is 6.10. The van der Waals surface area contributed by atoms with Crippen molar-refractivity contribution < 1.29 is 0 Å². The van der Waals surface area contributed by atoms with Crippen LogP contribution in [0.2, 0.25) is 0 Å². The Bertz CT molecular complexity index is 743. The van der Waals surface area contributed by atoms with Crippen LogP contribution in [0.25, 0.3) is 11.0 Å². The van der Waals surface area contributed by atoms with Gasteiger partial charge in [-0.15, -0.1) is 0 Å². The molecular formula is C18H21N3. The molecule has 0 amide bonds. The zero-order chi connectivity index (χ0) is 14.7. The summed E-state index contributed by atoms with van der Waals surface area (Å²) < 4.78 is 2.16. The third-order valence-corrected chi connectivity index (χ3v) is 4.00. The Morgan fingerprint density at radius 3 is 2.62 bits per heavy atom. The lowest BCUT2D eigenvalue weighted by Crippen LogP contribution is -2.19. The zero-order valence-electron chi connectivity index (χ0n) is 12.6. The highest BCUT2D eigenvalue weighted by molar-refractivity contribution is 5.75. The van der Waals surface area contributed by atoms with Crippen molar-refractivity contribution >= 4 is 11.0 Å². The van der Waals surface area contributed by atoms with Gasteiger partial charge in [0.15, 0.2) is 0 Å². The van der Waals surface area contributed by atoms with Gasteiger partial charge in [-0.25, -0.2) is 4.98 Å². The Morgan fingerprint density at radius 1 is 1.05 bits per heavy atom. The molecule has 1 N–H and O–H groups in total. The number of hydrogen-bond donors (Lipinski definition) is 1. The number of benzene rings is 2. The van der Waals surface area contributed by atoms with E-state index in [2.05, 4.69) is 71.3 Å². The predicted molar refractivity (Wildman–Crippen MR) is 87.3 cm³/mol. The quantitative estimate of drug-likeness (QED) is 0.727. The molecule has 0 saturated heterocycles. The smallest absolute Gasteiger partial charge is 0.123 e. The van der Waals surface area contributed by atoms with E-state index in [1.165, 1.54) is 16.6 Å². The van der Waals surface area contributed by atoms with E-state index in [1.807, 2.05) is 6.07 Å². The monoisotopic (exact) mass is 279 g/mol. The van der Waals surface area contributed by atoms with Crippen molar-refractivity contribution in [1.29, 1.82) is 0 Å². The topological polar surface area (TPSA) is 29.9 Å². The molecule has 2 aromatic carbocycles. The Morgan fingerprint density at radius 2 is 1.81 bits per heavy atom. The van der Waals surface area contributed by atoms with Gasteiger partial charge in [0.25, 0.3) is 0 Å². The van der Waals surface area contributed by atoms with Crippen LogP contribution < -0.4 is 5.32 Å². The molecule has 3 aromatic rings. The first-order valence-electron chi connectivity index (χ1n) is 7.41. The van der Waals surface area contributed by atoms with Crippen molar-refractivity contribution in [3.63, 3.8) is 0 Å². The fourth-order valence-electron chi connectivity index (χ4n) is 2.67. The molecule has 0 aliphatic carbocycles. The largest absolute Gasteiger partial charge is 0.330 e. The highest BCUT2D eigenvalue weighted by Gasteiger charge is 2.06. The van der Waals surface area contributed by atoms with Gasteiger partial charge in [0.1, 0.15) is 5.82 Å². The number of nitrogens with zero attached hydrogens (tertiary/aromatic N) is 2. The average molecular weight is 279 g/mol. The molecule has 0 aliphatic rings. The van der Waals surface area contributed by atoms with Crippen molar-refractivity contribution in [3.05, 3.63) is 65.5 Å². The minimum atomic E-state index is 0.803. The minimum absolute atomic E-state index is 0.803. The van der Waals surface area contributed by atoms with Crippen LogP contribution in [0.4, 0.5) is 0 Å². The first-order chi connectivity index (χ1) is 10.3. The van der Waals surface area contributed by atoms with Crippen LogP contribution >= 0.6 is 0 Å². The number of rotatable bonds is 5. The molecule has 0 saturated carbocycles. The Hall–Kier alpha value is -2.13. The Labute approximate surface area is 125 Å². The van der Waals surface area contributed by atoms with Crippen LogP contribution in [-0.4, -0.2) is 16.1 Å². The summed E-state index contributed by atoms with van der Waals surface area (Å²) in [7, 11) is 2.08. The summed E-state index contributed by atoms with van der Waals surface area (Å²) in [4.78, 5) is 4.67. The molecule has 0 atom stereocenters. The number of nitrogens with one attached hydrogen (secondary N) is 1. The van der Waals surface area contributed by atoms with Gasteiger partial charge in [0.05, 0.1) is 17.6 Å². The van der Waals surface area contributed by atoms with E-state index >= 15 is 0 Å². The fraction of sp³-hybridized carbons (Fsp3) is 0.278. The van der Waals surface area contributed by atoms with E-state index < -0.39 is 0 Å². The van der Waals surface area contributed by atoms with E-state index in [9.17, 15) is 0 Å². The van der Waals surface area contributed by atoms with Gasteiger partial charge in [0, 0.05) is 7.05 Å². The van der Waals surface area contributed by atoms with E-state index in [4.69, 9.17) is 0 Å². The minimum Gasteiger partial charge on any atom is -0.330 e. The number of aryl methyl sites for hydroxylation is 2. The zero-order valence-corrected chi connectivity index (χ0v) is 12.6. The SMILES string of the molecule is Cc1ccccc1CCNCc1nc2ccccc2n1C. The maximum atomic E-state index is 4.67. The number of imidazole rings is 1. The molecule has 0 radical (unpaired) electrons. The van der Waals surface area contributed by atoms with Gasteiger partial charge < -0.3 is 9.88 Å². The first-order valence-corrected chi connectivity index (χ1v) is 7.41. The Balaban J connectivity index is 1.60. The molecule has 21 heavy (non-hydrogen) atoms. The predicted octanol–water partition coefficient (Wildman–Crippen LogP) is 3.21. The summed E-state index contributed by atoms with van der Waals surface area (Å²) in [6.45, 7) is 3.94. The molecule has 1 heterocycles. The maximum absolute atomic E-state index is 4.67. The van der Waals surface area contributed by atoms with E-state index in [0.29, 0.717) is 0 Å². The highest BCUT2D eigenvalue weighted by Crippen LogP contribution is 2.14. The summed E-state index contributed by atoms with van der Waals surface area (Å²) in [5.74, 6) is 1.08. The molecule has 1 aromatic heterocycles. The van der Waals surface area contributed by atoms with E-state index in [1.54, 1.807) is 0 Å². The molecule has 3 nitrogen and oxygen atoms in total. The van der Waals surface area contributed by atoms with Crippen molar-refractivity contribution in [2.45, 2.75) is 19.9 Å². The number of aromatic nitrogens is 2. The molecule has 0 aliphatic heterocycles.